The molecule has 1 fully saturated rings. The van der Waals surface area contributed by atoms with Crippen LogP contribution in [0.5, 0.6) is 0 Å². The molecule has 0 spiro atoms. The topological polar surface area (TPSA) is 71.0 Å². The summed E-state index contributed by atoms with van der Waals surface area (Å²) < 4.78 is 2.05. The van der Waals surface area contributed by atoms with Crippen LogP contribution in [0.25, 0.3) is 0 Å². The second-order valence-corrected chi connectivity index (χ2v) is 6.26. The lowest BCUT2D eigenvalue weighted by molar-refractivity contribution is 0.0679. The minimum absolute atomic E-state index is 0.170. The van der Waals surface area contributed by atoms with Gasteiger partial charge in [-0.2, -0.15) is 5.10 Å². The SMILES string of the molecule is Cc1cc(C)n(CC2CCN(C(=O)c3ccc[nH]c3=O)CC2)n1. The van der Waals surface area contributed by atoms with Crippen molar-refractivity contribution in [3.63, 3.8) is 0 Å². The van der Waals surface area contributed by atoms with Gasteiger partial charge in [0.05, 0.1) is 5.69 Å². The monoisotopic (exact) mass is 314 g/mol. The maximum absolute atomic E-state index is 12.4. The molecule has 122 valence electrons. The molecule has 0 unspecified atom stereocenters. The molecule has 0 atom stereocenters. The second-order valence-electron chi connectivity index (χ2n) is 6.26. The lowest BCUT2D eigenvalue weighted by Gasteiger charge is -2.32. The van der Waals surface area contributed by atoms with Gasteiger partial charge >= 0.3 is 0 Å². The number of nitrogens with one attached hydrogen (secondary N) is 1. The van der Waals surface area contributed by atoms with Crippen molar-refractivity contribution in [2.45, 2.75) is 33.2 Å². The first-order valence-corrected chi connectivity index (χ1v) is 8.02. The van der Waals surface area contributed by atoms with Crippen molar-refractivity contribution in [3.05, 3.63) is 51.7 Å². The third kappa shape index (κ3) is 3.36. The molecular formula is C17H22N4O2. The largest absolute Gasteiger partial charge is 0.338 e. The van der Waals surface area contributed by atoms with Crippen LogP contribution in [0.4, 0.5) is 0 Å². The van der Waals surface area contributed by atoms with Gasteiger partial charge in [0, 0.05) is 31.5 Å². The molecule has 0 bridgehead atoms. The Balaban J connectivity index is 1.60. The predicted octanol–water partition coefficient (Wildman–Crippen LogP) is 1.74. The third-order valence-corrected chi connectivity index (χ3v) is 4.48. The fourth-order valence-corrected chi connectivity index (χ4v) is 3.18. The normalized spacial score (nSPS) is 15.8. The highest BCUT2D eigenvalue weighted by molar-refractivity contribution is 5.93. The highest BCUT2D eigenvalue weighted by Gasteiger charge is 2.25. The van der Waals surface area contributed by atoms with Gasteiger partial charge in [-0.15, -0.1) is 0 Å². The maximum Gasteiger partial charge on any atom is 0.260 e. The summed E-state index contributed by atoms with van der Waals surface area (Å²) >= 11 is 0. The Morgan fingerprint density at radius 1 is 1.35 bits per heavy atom. The van der Waals surface area contributed by atoms with Crippen LogP contribution in [-0.4, -0.2) is 38.7 Å². The minimum Gasteiger partial charge on any atom is -0.338 e. The summed E-state index contributed by atoms with van der Waals surface area (Å²) in [5.41, 5.74) is 2.13. The fourth-order valence-electron chi connectivity index (χ4n) is 3.18. The summed E-state index contributed by atoms with van der Waals surface area (Å²) in [5, 5.41) is 4.51. The van der Waals surface area contributed by atoms with Gasteiger partial charge in [0.1, 0.15) is 5.56 Å². The molecule has 0 aliphatic carbocycles. The van der Waals surface area contributed by atoms with E-state index in [1.165, 1.54) is 5.69 Å². The number of carbonyl (C=O) groups excluding carboxylic acids is 1. The lowest BCUT2D eigenvalue weighted by Crippen LogP contribution is -2.41. The quantitative estimate of drug-likeness (QED) is 0.938. The summed E-state index contributed by atoms with van der Waals surface area (Å²) in [6.45, 7) is 6.35. The van der Waals surface area contributed by atoms with E-state index < -0.39 is 0 Å². The Bertz CT molecular complexity index is 754. The van der Waals surface area contributed by atoms with E-state index in [9.17, 15) is 9.59 Å². The number of H-pyrrole nitrogens is 1. The second kappa shape index (κ2) is 6.40. The molecule has 6 nitrogen and oxygen atoms in total. The molecule has 6 heteroatoms. The van der Waals surface area contributed by atoms with Gasteiger partial charge in [-0.1, -0.05) is 0 Å². The van der Waals surface area contributed by atoms with E-state index >= 15 is 0 Å². The maximum atomic E-state index is 12.4. The number of hydrogen-bond donors (Lipinski definition) is 1. The van der Waals surface area contributed by atoms with Crippen LogP contribution < -0.4 is 5.56 Å². The molecule has 23 heavy (non-hydrogen) atoms. The Hall–Kier alpha value is -2.37. The van der Waals surface area contributed by atoms with Crippen molar-refractivity contribution < 1.29 is 4.79 Å². The van der Waals surface area contributed by atoms with Gasteiger partial charge in [0.25, 0.3) is 11.5 Å². The van der Waals surface area contributed by atoms with Crippen LogP contribution in [0.15, 0.2) is 29.2 Å². The van der Waals surface area contributed by atoms with Crippen LogP contribution in [0.1, 0.15) is 34.6 Å². The number of hydrogen-bond acceptors (Lipinski definition) is 3. The van der Waals surface area contributed by atoms with E-state index in [4.69, 9.17) is 0 Å². The molecule has 0 radical (unpaired) electrons. The molecule has 0 saturated carbocycles. The van der Waals surface area contributed by atoms with Crippen molar-refractivity contribution in [1.29, 1.82) is 0 Å². The molecule has 3 heterocycles. The van der Waals surface area contributed by atoms with E-state index in [2.05, 4.69) is 27.8 Å². The van der Waals surface area contributed by atoms with Crippen molar-refractivity contribution in [1.82, 2.24) is 19.7 Å². The number of aromatic nitrogens is 3. The van der Waals surface area contributed by atoms with Crippen molar-refractivity contribution >= 4 is 5.91 Å². The number of carbonyl (C=O) groups is 1. The number of piperidine rings is 1. The van der Waals surface area contributed by atoms with Crippen molar-refractivity contribution in [2.24, 2.45) is 5.92 Å². The van der Waals surface area contributed by atoms with Gasteiger partial charge in [-0.25, -0.2) is 0 Å². The molecule has 1 amide bonds. The van der Waals surface area contributed by atoms with E-state index in [1.807, 2.05) is 6.92 Å². The van der Waals surface area contributed by atoms with E-state index in [1.54, 1.807) is 23.2 Å². The van der Waals surface area contributed by atoms with Gasteiger partial charge < -0.3 is 9.88 Å². The van der Waals surface area contributed by atoms with Crippen LogP contribution in [-0.2, 0) is 6.54 Å². The highest BCUT2D eigenvalue weighted by atomic mass is 16.2. The molecule has 2 aromatic rings. The zero-order valence-electron chi connectivity index (χ0n) is 13.6. The number of amides is 1. The standard InChI is InChI=1S/C17H22N4O2/c1-12-10-13(2)21(19-12)11-14-5-8-20(9-6-14)17(23)15-4-3-7-18-16(15)22/h3-4,7,10,14H,5-6,8-9,11H2,1-2H3,(H,18,22). The summed E-state index contributed by atoms with van der Waals surface area (Å²) in [4.78, 5) is 28.5. The molecule has 1 aliphatic heterocycles. The van der Waals surface area contributed by atoms with Crippen molar-refractivity contribution in [2.75, 3.05) is 13.1 Å². The van der Waals surface area contributed by atoms with Gasteiger partial charge in [-0.05, 0) is 50.8 Å². The first-order valence-electron chi connectivity index (χ1n) is 8.02. The molecular weight excluding hydrogens is 292 g/mol. The van der Waals surface area contributed by atoms with E-state index in [-0.39, 0.29) is 17.0 Å². The number of pyridine rings is 1. The van der Waals surface area contributed by atoms with Crippen LogP contribution in [0.2, 0.25) is 0 Å². The van der Waals surface area contributed by atoms with Crippen LogP contribution in [0.3, 0.4) is 0 Å². The first-order chi connectivity index (χ1) is 11.0. The molecule has 0 aromatic carbocycles. The van der Waals surface area contributed by atoms with Gasteiger partial charge in [-0.3, -0.25) is 14.3 Å². The number of aryl methyl sites for hydroxylation is 2. The Labute approximate surface area is 135 Å². The number of nitrogens with zero attached hydrogens (tertiary/aromatic N) is 3. The zero-order valence-corrected chi connectivity index (χ0v) is 13.6. The minimum atomic E-state index is -0.317. The van der Waals surface area contributed by atoms with E-state index in [0.717, 1.165) is 25.1 Å². The molecule has 3 rings (SSSR count). The highest BCUT2D eigenvalue weighted by Crippen LogP contribution is 2.20. The Morgan fingerprint density at radius 3 is 2.70 bits per heavy atom. The van der Waals surface area contributed by atoms with Gasteiger partial charge in [0.15, 0.2) is 0 Å². The third-order valence-electron chi connectivity index (χ3n) is 4.48. The molecule has 1 N–H and O–H groups in total. The average Bonchev–Trinajstić information content (AvgIpc) is 2.85. The first kappa shape index (κ1) is 15.5. The zero-order chi connectivity index (χ0) is 16.4. The smallest absolute Gasteiger partial charge is 0.260 e. The van der Waals surface area contributed by atoms with Crippen LogP contribution >= 0.6 is 0 Å². The fraction of sp³-hybridized carbons (Fsp3) is 0.471. The Morgan fingerprint density at radius 2 is 2.09 bits per heavy atom. The predicted molar refractivity (Wildman–Crippen MR) is 87.4 cm³/mol. The van der Waals surface area contributed by atoms with E-state index in [0.29, 0.717) is 19.0 Å². The molecule has 1 saturated heterocycles. The molecule has 1 aliphatic rings. The summed E-state index contributed by atoms with van der Waals surface area (Å²) in [5.74, 6) is 0.350. The average molecular weight is 314 g/mol. The van der Waals surface area contributed by atoms with Crippen molar-refractivity contribution in [3.8, 4) is 0 Å². The number of rotatable bonds is 3. The summed E-state index contributed by atoms with van der Waals surface area (Å²) in [7, 11) is 0. The van der Waals surface area contributed by atoms with Crippen LogP contribution in [0, 0.1) is 19.8 Å². The molecule has 2 aromatic heterocycles. The summed E-state index contributed by atoms with van der Waals surface area (Å²) in [6.07, 6.45) is 3.42. The lowest BCUT2D eigenvalue weighted by atomic mass is 9.96. The number of aromatic amines is 1. The number of likely N-dealkylation sites (tertiary alicyclic amines) is 1. The van der Waals surface area contributed by atoms with Gasteiger partial charge in [0.2, 0.25) is 0 Å². The Kier molecular flexibility index (Phi) is 4.32. The summed E-state index contributed by atoms with van der Waals surface area (Å²) in [6, 6.07) is 5.35.